The number of fused-ring (bicyclic) bond motifs is 4. The van der Waals surface area contributed by atoms with Crippen molar-refractivity contribution in [3.05, 3.63) is 99.5 Å². The number of carbonyl (C=O) groups is 2. The van der Waals surface area contributed by atoms with Crippen LogP contribution >= 0.6 is 15.9 Å². The number of methoxy groups -OCH3 is 2. The van der Waals surface area contributed by atoms with Gasteiger partial charge >= 0.3 is 6.09 Å². The molecule has 2 atom stereocenters. The summed E-state index contributed by atoms with van der Waals surface area (Å²) < 4.78 is 17.3. The first kappa shape index (κ1) is 31.4. The van der Waals surface area contributed by atoms with Crippen LogP contribution in [0.2, 0.25) is 0 Å². The molecule has 0 radical (unpaired) electrons. The summed E-state index contributed by atoms with van der Waals surface area (Å²) in [5.41, 5.74) is 12.0. The van der Waals surface area contributed by atoms with Crippen molar-refractivity contribution in [3.63, 3.8) is 0 Å². The lowest BCUT2D eigenvalue weighted by Gasteiger charge is -2.32. The van der Waals surface area contributed by atoms with E-state index in [0.29, 0.717) is 27.1 Å². The zero-order chi connectivity index (χ0) is 33.4. The third-order valence-electron chi connectivity index (χ3n) is 8.59. The van der Waals surface area contributed by atoms with Gasteiger partial charge in [-0.1, -0.05) is 54.6 Å². The fraction of sp³-hybridized carbons (Fsp3) is 0.200. The third-order valence-corrected chi connectivity index (χ3v) is 9.18. The van der Waals surface area contributed by atoms with E-state index in [1.807, 2.05) is 48.5 Å². The average molecular weight is 697 g/mol. The molecular formula is C35H30BrN5O6. The van der Waals surface area contributed by atoms with Gasteiger partial charge in [0.2, 0.25) is 11.8 Å². The molecule has 4 aromatic carbocycles. The second kappa shape index (κ2) is 12.7. The van der Waals surface area contributed by atoms with Crippen molar-refractivity contribution < 1.29 is 28.9 Å². The van der Waals surface area contributed by atoms with Gasteiger partial charge in [-0.2, -0.15) is 5.26 Å². The molecule has 5 N–H and O–H groups in total. The minimum absolute atomic E-state index is 0.0436. The Balaban J connectivity index is 1.27. The molecule has 0 spiro atoms. The SMILES string of the molecule is COc1cc([C@@H]2c3ccc(NC(=O)CN(CC4c5ccccc5-c5ccccc54)C(=O)O)c(N)c3OC(=N)C2C#N)cc(Br)c1OC. The molecule has 4 aromatic rings. The van der Waals surface area contributed by atoms with Crippen LogP contribution in [0.3, 0.4) is 0 Å². The first-order chi connectivity index (χ1) is 22.7. The fourth-order valence-electron chi connectivity index (χ4n) is 6.46. The molecule has 1 unspecified atom stereocenters. The topological polar surface area (TPSA) is 171 Å². The van der Waals surface area contributed by atoms with Gasteiger partial charge < -0.3 is 30.4 Å². The van der Waals surface area contributed by atoms with Gasteiger partial charge in [0.05, 0.1) is 36.1 Å². The van der Waals surface area contributed by atoms with Crippen LogP contribution in [-0.4, -0.2) is 55.2 Å². The highest BCUT2D eigenvalue weighted by Crippen LogP contribution is 2.49. The Morgan fingerprint density at radius 3 is 2.30 bits per heavy atom. The number of hydrogen-bond acceptors (Lipinski definition) is 8. The van der Waals surface area contributed by atoms with Gasteiger partial charge in [0.15, 0.2) is 17.2 Å². The highest BCUT2D eigenvalue weighted by atomic mass is 79.9. The van der Waals surface area contributed by atoms with Crippen molar-refractivity contribution in [3.8, 4) is 34.4 Å². The minimum atomic E-state index is -1.23. The second-order valence-electron chi connectivity index (χ2n) is 11.2. The highest BCUT2D eigenvalue weighted by molar-refractivity contribution is 9.10. The lowest BCUT2D eigenvalue weighted by atomic mass is 9.78. The van der Waals surface area contributed by atoms with E-state index >= 15 is 0 Å². The van der Waals surface area contributed by atoms with E-state index < -0.39 is 30.4 Å². The van der Waals surface area contributed by atoms with Crippen LogP contribution in [0.1, 0.15) is 34.1 Å². The number of amides is 2. The van der Waals surface area contributed by atoms with E-state index in [9.17, 15) is 20.0 Å². The number of ether oxygens (including phenoxy) is 3. The number of halogens is 1. The molecule has 12 heteroatoms. The normalized spacial score (nSPS) is 16.2. The highest BCUT2D eigenvalue weighted by Gasteiger charge is 2.39. The first-order valence-electron chi connectivity index (χ1n) is 14.6. The zero-order valence-electron chi connectivity index (χ0n) is 25.4. The second-order valence-corrected chi connectivity index (χ2v) is 12.0. The Labute approximate surface area is 279 Å². The molecule has 1 heterocycles. The van der Waals surface area contributed by atoms with Gasteiger partial charge in [-0.3, -0.25) is 15.1 Å². The molecule has 1 aliphatic heterocycles. The number of anilines is 2. The van der Waals surface area contributed by atoms with Crippen LogP contribution in [0.5, 0.6) is 17.2 Å². The molecule has 238 valence electrons. The maximum atomic E-state index is 13.3. The van der Waals surface area contributed by atoms with Crippen LogP contribution in [0.25, 0.3) is 11.1 Å². The largest absolute Gasteiger partial charge is 0.493 e. The van der Waals surface area contributed by atoms with Crippen LogP contribution in [0.15, 0.2) is 77.3 Å². The lowest BCUT2D eigenvalue weighted by Crippen LogP contribution is -2.39. The molecule has 6 rings (SSSR count). The summed E-state index contributed by atoms with van der Waals surface area (Å²) in [6.07, 6.45) is -1.23. The Kier molecular flexibility index (Phi) is 8.49. The molecule has 0 fully saturated rings. The Bertz CT molecular complexity index is 1930. The van der Waals surface area contributed by atoms with Gasteiger partial charge in [-0.25, -0.2) is 4.79 Å². The van der Waals surface area contributed by atoms with E-state index in [1.54, 1.807) is 24.3 Å². The van der Waals surface area contributed by atoms with E-state index in [4.69, 9.17) is 25.4 Å². The van der Waals surface area contributed by atoms with Crippen molar-refractivity contribution >= 4 is 45.2 Å². The molecule has 11 nitrogen and oxygen atoms in total. The molecule has 0 aromatic heterocycles. The minimum Gasteiger partial charge on any atom is -0.493 e. The van der Waals surface area contributed by atoms with E-state index in [0.717, 1.165) is 27.2 Å². The molecular weight excluding hydrogens is 666 g/mol. The molecule has 0 saturated heterocycles. The number of carboxylic acid groups (broad SMARTS) is 1. The van der Waals surface area contributed by atoms with Crippen molar-refractivity contribution in [2.45, 2.75) is 11.8 Å². The number of nitrogens with one attached hydrogen (secondary N) is 2. The van der Waals surface area contributed by atoms with Gasteiger partial charge in [-0.15, -0.1) is 0 Å². The average Bonchev–Trinajstić information content (AvgIpc) is 3.38. The van der Waals surface area contributed by atoms with Gasteiger partial charge in [-0.05, 0) is 61.9 Å². The van der Waals surface area contributed by atoms with E-state index in [-0.39, 0.29) is 35.5 Å². The molecule has 47 heavy (non-hydrogen) atoms. The third kappa shape index (κ3) is 5.59. The quantitative estimate of drug-likeness (QED) is 0.153. The number of carbonyl (C=O) groups excluding carboxylic acids is 1. The number of hydrogen-bond donors (Lipinski definition) is 4. The Morgan fingerprint density at radius 1 is 1.04 bits per heavy atom. The first-order valence-corrected chi connectivity index (χ1v) is 15.4. The van der Waals surface area contributed by atoms with E-state index in [2.05, 4.69) is 27.3 Å². The van der Waals surface area contributed by atoms with E-state index in [1.165, 1.54) is 14.2 Å². The maximum Gasteiger partial charge on any atom is 0.407 e. The van der Waals surface area contributed by atoms with Gasteiger partial charge in [0.25, 0.3) is 0 Å². The van der Waals surface area contributed by atoms with Crippen LogP contribution in [0, 0.1) is 22.7 Å². The van der Waals surface area contributed by atoms with Crippen LogP contribution in [0.4, 0.5) is 16.2 Å². The van der Waals surface area contributed by atoms with Crippen LogP contribution in [-0.2, 0) is 4.79 Å². The van der Waals surface area contributed by atoms with Crippen LogP contribution < -0.4 is 25.3 Å². The number of nitrogen functional groups attached to an aromatic ring is 1. The number of nitrogens with zero attached hydrogens (tertiary/aromatic N) is 2. The molecule has 0 saturated carbocycles. The molecule has 1 aliphatic carbocycles. The summed E-state index contributed by atoms with van der Waals surface area (Å²) in [5.74, 6) is -1.73. The van der Waals surface area contributed by atoms with Crippen molar-refractivity contribution in [2.75, 3.05) is 38.4 Å². The monoisotopic (exact) mass is 695 g/mol. The van der Waals surface area contributed by atoms with Gasteiger partial charge in [0, 0.05) is 23.9 Å². The number of nitriles is 1. The summed E-state index contributed by atoms with van der Waals surface area (Å²) in [5, 5.41) is 31.3. The predicted octanol–water partition coefficient (Wildman–Crippen LogP) is 6.42. The summed E-state index contributed by atoms with van der Waals surface area (Å²) in [4.78, 5) is 26.8. The maximum absolute atomic E-state index is 13.3. The summed E-state index contributed by atoms with van der Waals surface area (Å²) in [6, 6.07) is 24.7. The smallest absolute Gasteiger partial charge is 0.407 e. The number of nitrogens with two attached hydrogens (primary N) is 1. The number of benzene rings is 4. The Hall–Kier alpha value is -5.54. The summed E-state index contributed by atoms with van der Waals surface area (Å²) >= 11 is 3.50. The zero-order valence-corrected chi connectivity index (χ0v) is 27.0. The van der Waals surface area contributed by atoms with Crippen molar-refractivity contribution in [1.29, 1.82) is 10.7 Å². The van der Waals surface area contributed by atoms with Gasteiger partial charge in [0.1, 0.15) is 12.5 Å². The lowest BCUT2D eigenvalue weighted by molar-refractivity contribution is -0.117. The number of rotatable bonds is 8. The van der Waals surface area contributed by atoms with Crippen molar-refractivity contribution in [2.24, 2.45) is 5.92 Å². The molecule has 0 bridgehead atoms. The standard InChI is InChI=1S/C35H30BrN5O6/c1-45-28-14-18(13-26(36)33(28)46-2)30-23-11-12-27(31(38)32(23)47-34(39)24(30)15-37)40-29(42)17-41(35(43)44)16-25-21-9-5-3-7-19(21)20-8-4-6-10-22(20)25/h3-14,24-25,30,39H,16-17,38H2,1-2H3,(H,40,42)(H,43,44)/t24?,30-/m1/s1. The fourth-order valence-corrected chi connectivity index (χ4v) is 7.08. The molecule has 2 amide bonds. The summed E-state index contributed by atoms with van der Waals surface area (Å²) in [7, 11) is 3.01. The van der Waals surface area contributed by atoms with Crippen molar-refractivity contribution in [1.82, 2.24) is 4.90 Å². The Morgan fingerprint density at radius 2 is 1.70 bits per heavy atom. The molecule has 2 aliphatic rings. The summed E-state index contributed by atoms with van der Waals surface area (Å²) in [6.45, 7) is -0.364. The predicted molar refractivity (Wildman–Crippen MR) is 179 cm³/mol.